The molecule has 5 heteroatoms. The van der Waals surface area contributed by atoms with Crippen LogP contribution in [0.1, 0.15) is 26.3 Å². The molecule has 0 bridgehead atoms. The highest BCUT2D eigenvalue weighted by atomic mass is 35.5. The van der Waals surface area contributed by atoms with Crippen molar-refractivity contribution >= 4 is 28.8 Å². The molecule has 0 spiro atoms. The SMILES string of the molecule is CC(C)(C)[S@@](=O)/N=C/c1cccnc1Cl. The number of aromatic nitrogens is 1. The first-order chi connectivity index (χ1) is 6.91. The lowest BCUT2D eigenvalue weighted by molar-refractivity contribution is 0.651. The standard InChI is InChI=1S/C10H13ClN2OS/c1-10(2,3)15(14)13-7-8-5-4-6-12-9(8)11/h4-7H,1-3H3/b13-7+/t15-/m1/s1. The van der Waals surface area contributed by atoms with E-state index >= 15 is 0 Å². The third kappa shape index (κ3) is 3.72. The van der Waals surface area contributed by atoms with Crippen LogP contribution in [0.15, 0.2) is 22.7 Å². The average Bonchev–Trinajstić information content (AvgIpc) is 2.14. The fraction of sp³-hybridized carbons (Fsp3) is 0.400. The summed E-state index contributed by atoms with van der Waals surface area (Å²) < 4.78 is 15.2. The molecule has 0 aliphatic heterocycles. The predicted octanol–water partition coefficient (Wildman–Crippen LogP) is 2.62. The monoisotopic (exact) mass is 244 g/mol. The van der Waals surface area contributed by atoms with E-state index in [1.807, 2.05) is 20.8 Å². The van der Waals surface area contributed by atoms with Gasteiger partial charge < -0.3 is 0 Å². The van der Waals surface area contributed by atoms with E-state index < -0.39 is 11.0 Å². The maximum Gasteiger partial charge on any atom is 0.144 e. The molecule has 0 amide bonds. The van der Waals surface area contributed by atoms with Crippen molar-refractivity contribution in [2.45, 2.75) is 25.5 Å². The highest BCUT2D eigenvalue weighted by Crippen LogP contribution is 2.13. The van der Waals surface area contributed by atoms with Crippen LogP contribution in [-0.2, 0) is 11.0 Å². The molecule has 0 saturated carbocycles. The average molecular weight is 245 g/mol. The van der Waals surface area contributed by atoms with Crippen LogP contribution in [0.3, 0.4) is 0 Å². The summed E-state index contributed by atoms with van der Waals surface area (Å²) in [6, 6.07) is 3.53. The van der Waals surface area contributed by atoms with E-state index in [1.54, 1.807) is 18.3 Å². The molecule has 82 valence electrons. The zero-order valence-electron chi connectivity index (χ0n) is 8.90. The summed E-state index contributed by atoms with van der Waals surface area (Å²) in [5.74, 6) is 0. The van der Waals surface area contributed by atoms with E-state index in [9.17, 15) is 4.21 Å². The molecule has 0 radical (unpaired) electrons. The number of halogens is 1. The largest absolute Gasteiger partial charge is 0.244 e. The molecule has 0 N–H and O–H groups in total. The molecule has 0 fully saturated rings. The fourth-order valence-corrected chi connectivity index (χ4v) is 1.45. The summed E-state index contributed by atoms with van der Waals surface area (Å²) >= 11 is 5.82. The van der Waals surface area contributed by atoms with Crippen LogP contribution in [0.4, 0.5) is 0 Å². The molecule has 1 heterocycles. The molecule has 0 aromatic carbocycles. The minimum absolute atomic E-state index is 0.356. The lowest BCUT2D eigenvalue weighted by Crippen LogP contribution is -2.19. The quantitative estimate of drug-likeness (QED) is 0.593. The maximum absolute atomic E-state index is 11.6. The van der Waals surface area contributed by atoms with Crippen LogP contribution in [0.2, 0.25) is 5.15 Å². The summed E-state index contributed by atoms with van der Waals surface area (Å²) in [5.41, 5.74) is 0.678. The summed E-state index contributed by atoms with van der Waals surface area (Å²) in [6.45, 7) is 5.60. The van der Waals surface area contributed by atoms with E-state index in [-0.39, 0.29) is 4.75 Å². The Labute approximate surface area is 97.2 Å². The highest BCUT2D eigenvalue weighted by molar-refractivity contribution is 7.85. The molecule has 0 saturated heterocycles. The summed E-state index contributed by atoms with van der Waals surface area (Å²) in [6.07, 6.45) is 3.09. The van der Waals surface area contributed by atoms with Gasteiger partial charge in [-0.05, 0) is 32.9 Å². The first-order valence-electron chi connectivity index (χ1n) is 4.48. The van der Waals surface area contributed by atoms with E-state index in [1.165, 1.54) is 6.21 Å². The second-order valence-electron chi connectivity index (χ2n) is 3.98. The summed E-state index contributed by atoms with van der Waals surface area (Å²) in [7, 11) is -1.26. The second kappa shape index (κ2) is 4.86. The Balaban J connectivity index is 2.84. The lowest BCUT2D eigenvalue weighted by atomic mass is 10.3. The number of pyridine rings is 1. The van der Waals surface area contributed by atoms with Crippen LogP contribution >= 0.6 is 11.6 Å². The van der Waals surface area contributed by atoms with Gasteiger partial charge in [-0.3, -0.25) is 0 Å². The Hall–Kier alpha value is -0.740. The number of hydrogen-bond acceptors (Lipinski definition) is 2. The molecular formula is C10H13ClN2OS. The Morgan fingerprint density at radius 1 is 1.53 bits per heavy atom. The molecule has 0 aliphatic rings. The smallest absolute Gasteiger partial charge is 0.144 e. The van der Waals surface area contributed by atoms with Gasteiger partial charge in [-0.2, -0.15) is 4.40 Å². The maximum atomic E-state index is 11.6. The van der Waals surface area contributed by atoms with Crippen LogP contribution in [-0.4, -0.2) is 20.2 Å². The van der Waals surface area contributed by atoms with E-state index in [2.05, 4.69) is 9.38 Å². The molecule has 1 rings (SSSR count). The Bertz CT molecular complexity index is 399. The Morgan fingerprint density at radius 2 is 2.20 bits per heavy atom. The molecule has 3 nitrogen and oxygen atoms in total. The lowest BCUT2D eigenvalue weighted by Gasteiger charge is -2.12. The first kappa shape index (κ1) is 12.3. The zero-order valence-corrected chi connectivity index (χ0v) is 10.5. The highest BCUT2D eigenvalue weighted by Gasteiger charge is 2.18. The third-order valence-electron chi connectivity index (χ3n) is 1.60. The van der Waals surface area contributed by atoms with Crippen LogP contribution in [0.25, 0.3) is 0 Å². The van der Waals surface area contributed by atoms with Gasteiger partial charge in [0.05, 0.1) is 4.75 Å². The fourth-order valence-electron chi connectivity index (χ4n) is 0.758. The van der Waals surface area contributed by atoms with Gasteiger partial charge >= 0.3 is 0 Å². The van der Waals surface area contributed by atoms with Gasteiger partial charge in [-0.1, -0.05) is 11.6 Å². The van der Waals surface area contributed by atoms with Gasteiger partial charge in [-0.15, -0.1) is 0 Å². The van der Waals surface area contributed by atoms with Crippen molar-refractivity contribution in [3.05, 3.63) is 29.0 Å². The molecule has 0 unspecified atom stereocenters. The van der Waals surface area contributed by atoms with Crippen LogP contribution < -0.4 is 0 Å². The zero-order chi connectivity index (χ0) is 11.5. The van der Waals surface area contributed by atoms with E-state index in [0.29, 0.717) is 10.7 Å². The number of nitrogens with zero attached hydrogens (tertiary/aromatic N) is 2. The molecule has 1 aromatic rings. The van der Waals surface area contributed by atoms with Gasteiger partial charge in [0, 0.05) is 18.0 Å². The van der Waals surface area contributed by atoms with Gasteiger partial charge in [0.1, 0.15) is 16.1 Å². The van der Waals surface area contributed by atoms with Gasteiger partial charge in [-0.25, -0.2) is 9.19 Å². The Morgan fingerprint density at radius 3 is 2.73 bits per heavy atom. The summed E-state index contributed by atoms with van der Waals surface area (Å²) in [5, 5.41) is 0.368. The third-order valence-corrected chi connectivity index (χ3v) is 3.26. The molecule has 1 atom stereocenters. The van der Waals surface area contributed by atoms with Crippen molar-refractivity contribution in [1.29, 1.82) is 0 Å². The number of hydrogen-bond donors (Lipinski definition) is 0. The van der Waals surface area contributed by atoms with Gasteiger partial charge in [0.15, 0.2) is 0 Å². The van der Waals surface area contributed by atoms with Gasteiger partial charge in [0.2, 0.25) is 0 Å². The normalized spacial score (nSPS) is 14.4. The van der Waals surface area contributed by atoms with Crippen molar-refractivity contribution in [3.63, 3.8) is 0 Å². The molecule has 0 aliphatic carbocycles. The van der Waals surface area contributed by atoms with Crippen molar-refractivity contribution in [3.8, 4) is 0 Å². The first-order valence-corrected chi connectivity index (χ1v) is 5.96. The van der Waals surface area contributed by atoms with Crippen molar-refractivity contribution in [2.75, 3.05) is 0 Å². The van der Waals surface area contributed by atoms with E-state index in [0.717, 1.165) is 0 Å². The van der Waals surface area contributed by atoms with Crippen molar-refractivity contribution < 1.29 is 4.21 Å². The topological polar surface area (TPSA) is 42.3 Å². The summed E-state index contributed by atoms with van der Waals surface area (Å²) in [4.78, 5) is 3.89. The second-order valence-corrected chi connectivity index (χ2v) is 6.27. The minimum atomic E-state index is -1.26. The van der Waals surface area contributed by atoms with Crippen LogP contribution in [0, 0.1) is 0 Å². The van der Waals surface area contributed by atoms with E-state index in [4.69, 9.17) is 11.6 Å². The molecule has 15 heavy (non-hydrogen) atoms. The minimum Gasteiger partial charge on any atom is -0.244 e. The van der Waals surface area contributed by atoms with Crippen molar-refractivity contribution in [2.24, 2.45) is 4.40 Å². The Kier molecular flexibility index (Phi) is 3.99. The molecular weight excluding hydrogens is 232 g/mol. The van der Waals surface area contributed by atoms with Crippen LogP contribution in [0.5, 0.6) is 0 Å². The van der Waals surface area contributed by atoms with Crippen molar-refractivity contribution in [1.82, 2.24) is 4.98 Å². The molecule has 1 aromatic heterocycles. The predicted molar refractivity (Wildman–Crippen MR) is 64.7 cm³/mol. The number of rotatable bonds is 2. The van der Waals surface area contributed by atoms with Gasteiger partial charge in [0.25, 0.3) is 0 Å².